The minimum Gasteiger partial charge on any atom is -0.479 e. The van der Waals surface area contributed by atoms with E-state index in [9.17, 15) is 9.59 Å². The van der Waals surface area contributed by atoms with Gasteiger partial charge in [-0.3, -0.25) is 9.59 Å². The minimum absolute atomic E-state index is 0.0387. The monoisotopic (exact) mass is 310 g/mol. The fraction of sp³-hybridized carbons (Fsp3) is 0.222. The highest BCUT2D eigenvalue weighted by Gasteiger charge is 2.20. The molecule has 0 saturated heterocycles. The molecule has 2 N–H and O–H groups in total. The van der Waals surface area contributed by atoms with E-state index in [1.165, 1.54) is 0 Å². The molecule has 5 nitrogen and oxygen atoms in total. The summed E-state index contributed by atoms with van der Waals surface area (Å²) in [5.74, 6) is 0.245. The number of amides is 2. The predicted molar refractivity (Wildman–Crippen MR) is 88.7 cm³/mol. The SMILES string of the molecule is Cc1cc(NC(=O)CCc2ccccc2)c2c(c1)NC(=O)CO2. The molecule has 1 aliphatic heterocycles. The molecule has 5 heteroatoms. The van der Waals surface area contributed by atoms with Crippen LogP contribution in [0.1, 0.15) is 17.5 Å². The van der Waals surface area contributed by atoms with Gasteiger partial charge in [0.25, 0.3) is 5.91 Å². The Bertz CT molecular complexity index is 741. The van der Waals surface area contributed by atoms with E-state index in [1.54, 1.807) is 0 Å². The molecule has 1 aliphatic rings. The third kappa shape index (κ3) is 3.69. The normalized spacial score (nSPS) is 12.8. The van der Waals surface area contributed by atoms with Crippen molar-refractivity contribution < 1.29 is 14.3 Å². The van der Waals surface area contributed by atoms with E-state index in [1.807, 2.05) is 49.4 Å². The quantitative estimate of drug-likeness (QED) is 0.912. The number of carbonyl (C=O) groups is 2. The van der Waals surface area contributed by atoms with Gasteiger partial charge in [0, 0.05) is 6.42 Å². The summed E-state index contributed by atoms with van der Waals surface area (Å²) in [6, 6.07) is 13.5. The van der Waals surface area contributed by atoms with Crippen LogP contribution in [-0.4, -0.2) is 18.4 Å². The summed E-state index contributed by atoms with van der Waals surface area (Å²) in [6.07, 6.45) is 1.07. The van der Waals surface area contributed by atoms with Gasteiger partial charge in [0.05, 0.1) is 11.4 Å². The molecule has 0 bridgehead atoms. The molecule has 3 rings (SSSR count). The molecule has 0 fully saturated rings. The number of carbonyl (C=O) groups excluding carboxylic acids is 2. The average molecular weight is 310 g/mol. The van der Waals surface area contributed by atoms with Gasteiger partial charge in [-0.1, -0.05) is 30.3 Å². The molecule has 0 saturated carbocycles. The maximum Gasteiger partial charge on any atom is 0.262 e. The molecule has 118 valence electrons. The van der Waals surface area contributed by atoms with Crippen molar-refractivity contribution >= 4 is 23.2 Å². The van der Waals surface area contributed by atoms with Gasteiger partial charge in [-0.05, 0) is 36.6 Å². The van der Waals surface area contributed by atoms with Gasteiger partial charge in [-0.2, -0.15) is 0 Å². The van der Waals surface area contributed by atoms with Crippen molar-refractivity contribution in [3.8, 4) is 5.75 Å². The highest BCUT2D eigenvalue weighted by Crippen LogP contribution is 2.37. The van der Waals surface area contributed by atoms with Crippen LogP contribution in [-0.2, 0) is 16.0 Å². The maximum absolute atomic E-state index is 12.2. The van der Waals surface area contributed by atoms with Crippen LogP contribution >= 0.6 is 0 Å². The number of anilines is 2. The lowest BCUT2D eigenvalue weighted by molar-refractivity contribution is -0.118. The summed E-state index contributed by atoms with van der Waals surface area (Å²) in [5, 5.41) is 5.64. The minimum atomic E-state index is -0.190. The number of hydrogen-bond donors (Lipinski definition) is 2. The Morgan fingerprint density at radius 2 is 2.04 bits per heavy atom. The zero-order valence-corrected chi connectivity index (χ0v) is 12.9. The largest absolute Gasteiger partial charge is 0.479 e. The van der Waals surface area contributed by atoms with Crippen molar-refractivity contribution in [2.24, 2.45) is 0 Å². The van der Waals surface area contributed by atoms with Crippen molar-refractivity contribution in [1.82, 2.24) is 0 Å². The maximum atomic E-state index is 12.2. The lowest BCUT2D eigenvalue weighted by Crippen LogP contribution is -2.26. The Labute approximate surface area is 134 Å². The lowest BCUT2D eigenvalue weighted by atomic mass is 10.1. The molecule has 2 amide bonds. The van der Waals surface area contributed by atoms with Crippen LogP contribution in [0, 0.1) is 6.92 Å². The van der Waals surface area contributed by atoms with E-state index >= 15 is 0 Å². The molecule has 1 heterocycles. The van der Waals surface area contributed by atoms with Crippen molar-refractivity contribution in [2.75, 3.05) is 17.2 Å². The number of aryl methyl sites for hydroxylation is 2. The molecule has 0 aliphatic carbocycles. The number of hydrogen-bond acceptors (Lipinski definition) is 3. The lowest BCUT2D eigenvalue weighted by Gasteiger charge is -2.21. The molecule has 23 heavy (non-hydrogen) atoms. The summed E-state index contributed by atoms with van der Waals surface area (Å²) in [6.45, 7) is 1.86. The summed E-state index contributed by atoms with van der Waals surface area (Å²) < 4.78 is 5.46. The molecule has 0 radical (unpaired) electrons. The van der Waals surface area contributed by atoms with Crippen molar-refractivity contribution in [3.05, 3.63) is 53.6 Å². The fourth-order valence-electron chi connectivity index (χ4n) is 2.55. The Hall–Kier alpha value is -2.82. The van der Waals surface area contributed by atoms with Crippen LogP contribution in [0.3, 0.4) is 0 Å². The van der Waals surface area contributed by atoms with Crippen molar-refractivity contribution in [3.63, 3.8) is 0 Å². The Morgan fingerprint density at radius 1 is 1.26 bits per heavy atom. The molecule has 0 spiro atoms. The van der Waals surface area contributed by atoms with Crippen molar-refractivity contribution in [2.45, 2.75) is 19.8 Å². The van der Waals surface area contributed by atoms with Crippen LogP contribution in [0.15, 0.2) is 42.5 Å². The van der Waals surface area contributed by atoms with E-state index in [4.69, 9.17) is 4.74 Å². The average Bonchev–Trinajstić information content (AvgIpc) is 2.53. The summed E-state index contributed by atoms with van der Waals surface area (Å²) in [4.78, 5) is 23.6. The highest BCUT2D eigenvalue weighted by molar-refractivity contribution is 6.00. The summed E-state index contributed by atoms with van der Waals surface area (Å²) >= 11 is 0. The van der Waals surface area contributed by atoms with Gasteiger partial charge in [0.1, 0.15) is 0 Å². The second kappa shape index (κ2) is 6.52. The third-order valence-corrected chi connectivity index (χ3v) is 3.61. The molecule has 0 aromatic heterocycles. The summed E-state index contributed by atoms with van der Waals surface area (Å²) in [5.41, 5.74) is 3.25. The van der Waals surface area contributed by atoms with Crippen LogP contribution in [0.2, 0.25) is 0 Å². The van der Waals surface area contributed by atoms with E-state index in [0.717, 1.165) is 11.1 Å². The second-order valence-electron chi connectivity index (χ2n) is 5.56. The smallest absolute Gasteiger partial charge is 0.262 e. The summed E-state index contributed by atoms with van der Waals surface area (Å²) in [7, 11) is 0. The molecule has 2 aromatic carbocycles. The Balaban J connectivity index is 1.70. The molecule has 2 aromatic rings. The third-order valence-electron chi connectivity index (χ3n) is 3.61. The predicted octanol–water partition coefficient (Wildman–Crippen LogP) is 2.90. The van der Waals surface area contributed by atoms with Gasteiger partial charge in [-0.25, -0.2) is 0 Å². The van der Waals surface area contributed by atoms with Gasteiger partial charge < -0.3 is 15.4 Å². The number of fused-ring (bicyclic) bond motifs is 1. The van der Waals surface area contributed by atoms with E-state index in [2.05, 4.69) is 10.6 Å². The fourth-order valence-corrected chi connectivity index (χ4v) is 2.55. The molecular weight excluding hydrogens is 292 g/mol. The zero-order chi connectivity index (χ0) is 16.2. The first-order valence-corrected chi connectivity index (χ1v) is 7.53. The molecule has 0 atom stereocenters. The van der Waals surface area contributed by atoms with E-state index < -0.39 is 0 Å². The highest BCUT2D eigenvalue weighted by atomic mass is 16.5. The molecule has 0 unspecified atom stereocenters. The number of ether oxygens (including phenoxy) is 1. The van der Waals surface area contributed by atoms with Crippen LogP contribution < -0.4 is 15.4 Å². The van der Waals surface area contributed by atoms with Crippen LogP contribution in [0.25, 0.3) is 0 Å². The molecular formula is C18H18N2O3. The van der Waals surface area contributed by atoms with E-state index in [0.29, 0.717) is 30.0 Å². The van der Waals surface area contributed by atoms with Gasteiger partial charge in [0.2, 0.25) is 5.91 Å². The van der Waals surface area contributed by atoms with Gasteiger partial charge in [-0.15, -0.1) is 0 Å². The first kappa shape index (κ1) is 15.1. The standard InChI is InChI=1S/C18H18N2O3/c1-12-9-14(18-15(10-12)20-17(22)11-23-18)19-16(21)8-7-13-5-3-2-4-6-13/h2-6,9-10H,7-8,11H2,1H3,(H,19,21)(H,20,22). The van der Waals surface area contributed by atoms with Gasteiger partial charge >= 0.3 is 0 Å². The number of benzene rings is 2. The topological polar surface area (TPSA) is 67.4 Å². The number of rotatable bonds is 4. The van der Waals surface area contributed by atoms with Crippen LogP contribution in [0.5, 0.6) is 5.75 Å². The first-order valence-electron chi connectivity index (χ1n) is 7.53. The Morgan fingerprint density at radius 3 is 2.83 bits per heavy atom. The number of nitrogens with one attached hydrogen (secondary N) is 2. The first-order chi connectivity index (χ1) is 11.1. The zero-order valence-electron chi connectivity index (χ0n) is 12.9. The van der Waals surface area contributed by atoms with E-state index in [-0.39, 0.29) is 18.4 Å². The van der Waals surface area contributed by atoms with Crippen LogP contribution in [0.4, 0.5) is 11.4 Å². The van der Waals surface area contributed by atoms with Gasteiger partial charge in [0.15, 0.2) is 12.4 Å². The second-order valence-corrected chi connectivity index (χ2v) is 5.56. The van der Waals surface area contributed by atoms with Crippen molar-refractivity contribution in [1.29, 1.82) is 0 Å². The Kier molecular flexibility index (Phi) is 4.28.